The number of piperidine rings is 1. The normalized spacial score (nSPS) is 15.0. The van der Waals surface area contributed by atoms with Crippen LogP contribution in [-0.2, 0) is 6.42 Å². The van der Waals surface area contributed by atoms with Gasteiger partial charge in [-0.2, -0.15) is 0 Å². The number of nitrogens with one attached hydrogen (secondary N) is 1. The third kappa shape index (κ3) is 4.19. The molecule has 1 saturated heterocycles. The van der Waals surface area contributed by atoms with Crippen molar-refractivity contribution in [3.63, 3.8) is 0 Å². The number of amides is 2. The highest BCUT2D eigenvalue weighted by molar-refractivity contribution is 5.74. The van der Waals surface area contributed by atoms with Crippen LogP contribution in [-0.4, -0.2) is 40.8 Å². The number of hydrogen-bond donors (Lipinski definition) is 1. The predicted octanol–water partition coefficient (Wildman–Crippen LogP) is 3.46. The van der Waals surface area contributed by atoms with E-state index in [4.69, 9.17) is 8.83 Å². The number of benzene rings is 1. The lowest BCUT2D eigenvalue weighted by Crippen LogP contribution is -2.44. The van der Waals surface area contributed by atoms with E-state index in [1.807, 2.05) is 23.1 Å². The fourth-order valence-electron chi connectivity index (χ4n) is 3.30. The lowest BCUT2D eigenvalue weighted by Gasteiger charge is -2.30. The quantitative estimate of drug-likeness (QED) is 0.747. The smallest absolute Gasteiger partial charge is 0.317 e. The van der Waals surface area contributed by atoms with E-state index in [2.05, 4.69) is 27.6 Å². The Hall–Kier alpha value is -3.09. The minimum absolute atomic E-state index is 0.00816. The van der Waals surface area contributed by atoms with E-state index >= 15 is 0 Å². The molecule has 0 radical (unpaired) electrons. The van der Waals surface area contributed by atoms with Crippen LogP contribution in [0, 0.1) is 0 Å². The standard InChI is InChI=1S/C20H22N4O3/c25-20(21-11-8-15-5-2-1-3-6-15)24-12-9-16(10-13-24)18-22-23-19(27-18)17-7-4-14-26-17/h1-7,14,16H,8-13H2,(H,21,25). The Balaban J connectivity index is 1.24. The van der Waals surface area contributed by atoms with E-state index in [9.17, 15) is 4.79 Å². The topological polar surface area (TPSA) is 84.4 Å². The lowest BCUT2D eigenvalue weighted by atomic mass is 9.97. The highest BCUT2D eigenvalue weighted by Gasteiger charge is 2.27. The van der Waals surface area contributed by atoms with Gasteiger partial charge in [0.05, 0.1) is 6.26 Å². The van der Waals surface area contributed by atoms with Crippen molar-refractivity contribution in [1.82, 2.24) is 20.4 Å². The molecule has 0 atom stereocenters. The average molecular weight is 366 g/mol. The molecular weight excluding hydrogens is 344 g/mol. The molecule has 7 heteroatoms. The molecule has 3 aromatic rings. The first-order chi connectivity index (χ1) is 13.3. The van der Waals surface area contributed by atoms with Gasteiger partial charge in [-0.1, -0.05) is 30.3 Å². The molecule has 1 aromatic carbocycles. The molecule has 0 unspecified atom stereocenters. The van der Waals surface area contributed by atoms with Crippen molar-refractivity contribution in [2.24, 2.45) is 0 Å². The van der Waals surface area contributed by atoms with E-state index < -0.39 is 0 Å². The highest BCUT2D eigenvalue weighted by Crippen LogP contribution is 2.29. The van der Waals surface area contributed by atoms with Crippen LogP contribution in [0.1, 0.15) is 30.2 Å². The predicted molar refractivity (Wildman–Crippen MR) is 99.1 cm³/mol. The second-order valence-corrected chi connectivity index (χ2v) is 6.65. The Kier molecular flexibility index (Phi) is 5.18. The van der Waals surface area contributed by atoms with Gasteiger partial charge in [-0.05, 0) is 37.0 Å². The van der Waals surface area contributed by atoms with E-state index in [0.29, 0.717) is 37.2 Å². The Labute approximate surface area is 157 Å². The second-order valence-electron chi connectivity index (χ2n) is 6.65. The number of likely N-dealkylation sites (tertiary alicyclic amines) is 1. The van der Waals surface area contributed by atoms with Crippen LogP contribution in [0.2, 0.25) is 0 Å². The molecule has 2 aromatic heterocycles. The molecule has 1 N–H and O–H groups in total. The molecule has 0 bridgehead atoms. The maximum atomic E-state index is 12.3. The van der Waals surface area contributed by atoms with E-state index in [1.165, 1.54) is 5.56 Å². The number of hydrogen-bond acceptors (Lipinski definition) is 5. The number of urea groups is 1. The van der Waals surface area contributed by atoms with Gasteiger partial charge in [0.25, 0.3) is 5.89 Å². The van der Waals surface area contributed by atoms with E-state index in [0.717, 1.165) is 19.3 Å². The number of furan rings is 1. The van der Waals surface area contributed by atoms with Crippen LogP contribution in [0.25, 0.3) is 11.7 Å². The number of carbonyl (C=O) groups is 1. The molecule has 140 valence electrons. The summed E-state index contributed by atoms with van der Waals surface area (Å²) in [6, 6.07) is 13.7. The second kappa shape index (κ2) is 8.07. The zero-order chi connectivity index (χ0) is 18.5. The van der Waals surface area contributed by atoms with Crippen molar-refractivity contribution in [1.29, 1.82) is 0 Å². The molecule has 7 nitrogen and oxygen atoms in total. The van der Waals surface area contributed by atoms with Gasteiger partial charge < -0.3 is 19.1 Å². The third-order valence-corrected chi connectivity index (χ3v) is 4.84. The molecule has 0 saturated carbocycles. The van der Waals surface area contributed by atoms with Gasteiger partial charge in [0.2, 0.25) is 5.89 Å². The summed E-state index contributed by atoms with van der Waals surface area (Å²) in [5, 5.41) is 11.2. The van der Waals surface area contributed by atoms with Gasteiger partial charge in [-0.3, -0.25) is 0 Å². The summed E-state index contributed by atoms with van der Waals surface area (Å²) in [6.07, 6.45) is 4.03. The summed E-state index contributed by atoms with van der Waals surface area (Å²) in [4.78, 5) is 14.2. The fraction of sp³-hybridized carbons (Fsp3) is 0.350. The summed E-state index contributed by atoms with van der Waals surface area (Å²) in [5.41, 5.74) is 1.22. The molecular formula is C20H22N4O3. The largest absolute Gasteiger partial charge is 0.459 e. The van der Waals surface area contributed by atoms with Crippen molar-refractivity contribution in [3.05, 3.63) is 60.2 Å². The summed E-state index contributed by atoms with van der Waals surface area (Å²) < 4.78 is 11.0. The summed E-state index contributed by atoms with van der Waals surface area (Å²) in [7, 11) is 0. The maximum Gasteiger partial charge on any atom is 0.317 e. The van der Waals surface area contributed by atoms with Crippen molar-refractivity contribution in [2.45, 2.75) is 25.2 Å². The molecule has 27 heavy (non-hydrogen) atoms. The van der Waals surface area contributed by atoms with Crippen molar-refractivity contribution >= 4 is 6.03 Å². The van der Waals surface area contributed by atoms with Crippen LogP contribution in [0.15, 0.2) is 57.6 Å². The molecule has 4 rings (SSSR count). The first-order valence-electron chi connectivity index (χ1n) is 9.23. The zero-order valence-electron chi connectivity index (χ0n) is 15.0. The number of aromatic nitrogens is 2. The number of nitrogens with zero attached hydrogens (tertiary/aromatic N) is 3. The summed E-state index contributed by atoms with van der Waals surface area (Å²) in [5.74, 6) is 1.76. The monoisotopic (exact) mass is 366 g/mol. The van der Waals surface area contributed by atoms with Crippen LogP contribution in [0.3, 0.4) is 0 Å². The first kappa shape index (κ1) is 17.3. The Morgan fingerprint density at radius 3 is 2.67 bits per heavy atom. The molecule has 1 aliphatic rings. The van der Waals surface area contributed by atoms with E-state index in [-0.39, 0.29) is 11.9 Å². The number of carbonyl (C=O) groups excluding carboxylic acids is 1. The number of rotatable bonds is 5. The Bertz CT molecular complexity index is 853. The van der Waals surface area contributed by atoms with Crippen LogP contribution < -0.4 is 5.32 Å². The maximum absolute atomic E-state index is 12.3. The van der Waals surface area contributed by atoms with Gasteiger partial charge in [0.15, 0.2) is 5.76 Å². The summed E-state index contributed by atoms with van der Waals surface area (Å²) >= 11 is 0. The molecule has 0 aliphatic carbocycles. The van der Waals surface area contributed by atoms with Crippen molar-refractivity contribution < 1.29 is 13.6 Å². The van der Waals surface area contributed by atoms with Gasteiger partial charge in [0, 0.05) is 25.6 Å². The Morgan fingerprint density at radius 1 is 1.11 bits per heavy atom. The van der Waals surface area contributed by atoms with Crippen LogP contribution >= 0.6 is 0 Å². The Morgan fingerprint density at radius 2 is 1.93 bits per heavy atom. The molecule has 1 fully saturated rings. The minimum atomic E-state index is -0.00816. The van der Waals surface area contributed by atoms with Crippen molar-refractivity contribution in [2.75, 3.05) is 19.6 Å². The van der Waals surface area contributed by atoms with Gasteiger partial charge >= 0.3 is 6.03 Å². The summed E-state index contributed by atoms with van der Waals surface area (Å²) in [6.45, 7) is 2.00. The highest BCUT2D eigenvalue weighted by atomic mass is 16.4. The molecule has 1 aliphatic heterocycles. The van der Waals surface area contributed by atoms with Gasteiger partial charge in [0.1, 0.15) is 0 Å². The minimum Gasteiger partial charge on any atom is -0.459 e. The zero-order valence-corrected chi connectivity index (χ0v) is 15.0. The van der Waals surface area contributed by atoms with E-state index in [1.54, 1.807) is 18.4 Å². The lowest BCUT2D eigenvalue weighted by molar-refractivity contribution is 0.177. The van der Waals surface area contributed by atoms with Crippen LogP contribution in [0.5, 0.6) is 0 Å². The first-order valence-corrected chi connectivity index (χ1v) is 9.23. The van der Waals surface area contributed by atoms with Crippen LogP contribution in [0.4, 0.5) is 4.79 Å². The molecule has 0 spiro atoms. The van der Waals surface area contributed by atoms with Crippen molar-refractivity contribution in [3.8, 4) is 11.7 Å². The molecule has 3 heterocycles. The fourth-order valence-corrected chi connectivity index (χ4v) is 3.30. The SMILES string of the molecule is O=C(NCCc1ccccc1)N1CCC(c2nnc(-c3ccco3)o2)CC1. The van der Waals surface area contributed by atoms with Gasteiger partial charge in [-0.15, -0.1) is 10.2 Å². The average Bonchev–Trinajstić information content (AvgIpc) is 3.41. The molecule has 2 amide bonds. The third-order valence-electron chi connectivity index (χ3n) is 4.84. The van der Waals surface area contributed by atoms with Gasteiger partial charge in [-0.25, -0.2) is 4.79 Å².